The molecular formula is C14H32N2O3. The van der Waals surface area contributed by atoms with Crippen LogP contribution in [-0.4, -0.2) is 68.7 Å². The van der Waals surface area contributed by atoms with E-state index in [1.165, 1.54) is 0 Å². The monoisotopic (exact) mass is 276 g/mol. The molecule has 0 fully saturated rings. The van der Waals surface area contributed by atoms with Crippen LogP contribution in [0.3, 0.4) is 0 Å². The highest BCUT2D eigenvalue weighted by Gasteiger charge is 2.09. The first-order valence-electron chi connectivity index (χ1n) is 7.32. The van der Waals surface area contributed by atoms with Gasteiger partial charge in [0, 0.05) is 39.4 Å². The van der Waals surface area contributed by atoms with E-state index in [4.69, 9.17) is 15.2 Å². The molecule has 0 saturated carbocycles. The molecule has 3 N–H and O–H groups in total. The summed E-state index contributed by atoms with van der Waals surface area (Å²) in [6, 6.07) is 0. The van der Waals surface area contributed by atoms with Gasteiger partial charge in [0.2, 0.25) is 0 Å². The maximum absolute atomic E-state index is 9.45. The molecule has 0 amide bonds. The van der Waals surface area contributed by atoms with Crippen molar-refractivity contribution >= 4 is 0 Å². The lowest BCUT2D eigenvalue weighted by Gasteiger charge is -2.25. The van der Waals surface area contributed by atoms with Gasteiger partial charge in [-0.1, -0.05) is 13.8 Å². The number of nitrogens with two attached hydrogens (primary N) is 1. The summed E-state index contributed by atoms with van der Waals surface area (Å²) in [7, 11) is 0. The Hall–Kier alpha value is -0.200. The summed E-state index contributed by atoms with van der Waals surface area (Å²) in [6.07, 6.45) is 0.615. The Kier molecular flexibility index (Phi) is 12.7. The molecule has 0 aliphatic carbocycles. The van der Waals surface area contributed by atoms with Crippen LogP contribution < -0.4 is 5.73 Å². The van der Waals surface area contributed by atoms with Crippen molar-refractivity contribution in [2.75, 3.05) is 52.6 Å². The van der Waals surface area contributed by atoms with Crippen molar-refractivity contribution in [3.05, 3.63) is 0 Å². The molecule has 0 aromatic carbocycles. The number of hydrogen-bond donors (Lipinski definition) is 2. The highest BCUT2D eigenvalue weighted by Crippen LogP contribution is 2.00. The number of hydrogen-bond acceptors (Lipinski definition) is 5. The van der Waals surface area contributed by atoms with Crippen LogP contribution in [0.1, 0.15) is 27.2 Å². The van der Waals surface area contributed by atoms with Crippen molar-refractivity contribution < 1.29 is 14.6 Å². The zero-order valence-electron chi connectivity index (χ0n) is 12.8. The van der Waals surface area contributed by atoms with Gasteiger partial charge in [0.05, 0.1) is 19.3 Å². The van der Waals surface area contributed by atoms with E-state index in [-0.39, 0.29) is 6.10 Å². The zero-order valence-corrected chi connectivity index (χ0v) is 12.8. The Balaban J connectivity index is 3.52. The van der Waals surface area contributed by atoms with Crippen LogP contribution in [0.2, 0.25) is 0 Å². The summed E-state index contributed by atoms with van der Waals surface area (Å²) < 4.78 is 10.8. The van der Waals surface area contributed by atoms with E-state index in [2.05, 4.69) is 18.7 Å². The van der Waals surface area contributed by atoms with Gasteiger partial charge in [0.25, 0.3) is 0 Å². The summed E-state index contributed by atoms with van der Waals surface area (Å²) in [4.78, 5) is 2.25. The molecule has 0 aliphatic heterocycles. The van der Waals surface area contributed by atoms with E-state index in [1.807, 2.05) is 6.92 Å². The maximum Gasteiger partial charge on any atom is 0.0639 e. The van der Waals surface area contributed by atoms with E-state index in [0.29, 0.717) is 38.8 Å². The van der Waals surface area contributed by atoms with Crippen molar-refractivity contribution in [1.29, 1.82) is 0 Å². The number of ether oxygens (including phenoxy) is 2. The summed E-state index contributed by atoms with van der Waals surface area (Å²) in [5.41, 5.74) is 5.32. The molecule has 5 heteroatoms. The Morgan fingerprint density at radius 3 is 2.16 bits per heavy atom. The third kappa shape index (κ3) is 14.0. The van der Waals surface area contributed by atoms with Gasteiger partial charge in [-0.05, 0) is 19.3 Å². The molecule has 0 aromatic rings. The molecule has 0 aliphatic rings. The Morgan fingerprint density at radius 1 is 1.00 bits per heavy atom. The van der Waals surface area contributed by atoms with E-state index in [1.54, 1.807) is 0 Å². The van der Waals surface area contributed by atoms with E-state index in [0.717, 1.165) is 26.1 Å². The van der Waals surface area contributed by atoms with E-state index in [9.17, 15) is 5.11 Å². The van der Waals surface area contributed by atoms with Crippen LogP contribution in [-0.2, 0) is 9.47 Å². The Bertz CT molecular complexity index is 180. The van der Waals surface area contributed by atoms with Crippen molar-refractivity contribution in [2.45, 2.75) is 33.3 Å². The quantitative estimate of drug-likeness (QED) is 0.485. The molecule has 0 aromatic heterocycles. The van der Waals surface area contributed by atoms with Gasteiger partial charge < -0.3 is 20.3 Å². The Morgan fingerprint density at radius 2 is 1.63 bits per heavy atom. The molecule has 19 heavy (non-hydrogen) atoms. The van der Waals surface area contributed by atoms with Gasteiger partial charge in [0.1, 0.15) is 0 Å². The van der Waals surface area contributed by atoms with Crippen LogP contribution >= 0.6 is 0 Å². The summed E-state index contributed by atoms with van der Waals surface area (Å²) in [5.74, 6) is 0.600. The third-order valence-electron chi connectivity index (χ3n) is 2.54. The van der Waals surface area contributed by atoms with Crippen LogP contribution in [0, 0.1) is 5.92 Å². The fourth-order valence-corrected chi connectivity index (χ4v) is 1.89. The van der Waals surface area contributed by atoms with Crippen LogP contribution in [0.4, 0.5) is 0 Å². The fourth-order valence-electron chi connectivity index (χ4n) is 1.89. The van der Waals surface area contributed by atoms with Gasteiger partial charge in [-0.15, -0.1) is 0 Å². The molecule has 0 heterocycles. The lowest BCUT2D eigenvalue weighted by atomic mass is 10.2. The molecule has 0 bridgehead atoms. The van der Waals surface area contributed by atoms with E-state index >= 15 is 0 Å². The Labute approximate surface area is 118 Å². The molecule has 0 rings (SSSR count). The van der Waals surface area contributed by atoms with Crippen LogP contribution in [0.25, 0.3) is 0 Å². The molecule has 1 unspecified atom stereocenters. The second-order valence-electron chi connectivity index (χ2n) is 5.37. The first kappa shape index (κ1) is 18.8. The zero-order chi connectivity index (χ0) is 14.5. The second-order valence-corrected chi connectivity index (χ2v) is 5.37. The molecule has 1 atom stereocenters. The molecular weight excluding hydrogens is 244 g/mol. The van der Waals surface area contributed by atoms with Gasteiger partial charge in [0.15, 0.2) is 0 Å². The summed E-state index contributed by atoms with van der Waals surface area (Å²) in [6.45, 7) is 12.1. The SMILES string of the molecule is CC(C)CN(CCOCCCOCCN)CC(C)O. The minimum absolute atomic E-state index is 0.289. The van der Waals surface area contributed by atoms with Gasteiger partial charge in [-0.2, -0.15) is 0 Å². The minimum Gasteiger partial charge on any atom is -0.392 e. The number of aliphatic hydroxyl groups excluding tert-OH is 1. The normalized spacial score (nSPS) is 13.4. The molecule has 0 saturated heterocycles. The van der Waals surface area contributed by atoms with Gasteiger partial charge >= 0.3 is 0 Å². The molecule has 0 radical (unpaired) electrons. The van der Waals surface area contributed by atoms with Crippen molar-refractivity contribution in [3.63, 3.8) is 0 Å². The van der Waals surface area contributed by atoms with Crippen LogP contribution in [0.15, 0.2) is 0 Å². The molecule has 0 spiro atoms. The van der Waals surface area contributed by atoms with Crippen molar-refractivity contribution in [2.24, 2.45) is 11.7 Å². The average Bonchev–Trinajstić information content (AvgIpc) is 2.30. The lowest BCUT2D eigenvalue weighted by Crippen LogP contribution is -2.36. The third-order valence-corrected chi connectivity index (χ3v) is 2.54. The highest BCUT2D eigenvalue weighted by molar-refractivity contribution is 4.63. The standard InChI is InChI=1S/C14H32N2O3/c1-13(2)11-16(12-14(3)17)6-10-19-8-4-7-18-9-5-15/h13-14,17H,4-12,15H2,1-3H3. The van der Waals surface area contributed by atoms with Gasteiger partial charge in [-0.25, -0.2) is 0 Å². The van der Waals surface area contributed by atoms with Gasteiger partial charge in [-0.3, -0.25) is 4.90 Å². The van der Waals surface area contributed by atoms with E-state index < -0.39 is 0 Å². The molecule has 116 valence electrons. The summed E-state index contributed by atoms with van der Waals surface area (Å²) in [5, 5.41) is 9.45. The minimum atomic E-state index is -0.289. The first-order chi connectivity index (χ1) is 9.06. The van der Waals surface area contributed by atoms with Crippen molar-refractivity contribution in [3.8, 4) is 0 Å². The topological polar surface area (TPSA) is 68.0 Å². The number of aliphatic hydroxyl groups is 1. The number of nitrogens with zero attached hydrogens (tertiary/aromatic N) is 1. The smallest absolute Gasteiger partial charge is 0.0639 e. The fraction of sp³-hybridized carbons (Fsp3) is 1.00. The summed E-state index contributed by atoms with van der Waals surface area (Å²) >= 11 is 0. The van der Waals surface area contributed by atoms with Crippen molar-refractivity contribution in [1.82, 2.24) is 4.90 Å². The number of rotatable bonds is 13. The van der Waals surface area contributed by atoms with Crippen LogP contribution in [0.5, 0.6) is 0 Å². The second kappa shape index (κ2) is 12.8. The predicted octanol–water partition coefficient (Wildman–Crippen LogP) is 0.707. The predicted molar refractivity (Wildman–Crippen MR) is 78.3 cm³/mol. The lowest BCUT2D eigenvalue weighted by molar-refractivity contribution is 0.0579. The average molecular weight is 276 g/mol. The molecule has 5 nitrogen and oxygen atoms in total. The highest BCUT2D eigenvalue weighted by atomic mass is 16.5. The largest absolute Gasteiger partial charge is 0.392 e. The maximum atomic E-state index is 9.45. The first-order valence-corrected chi connectivity index (χ1v) is 7.32.